The number of rotatable bonds is 14. The predicted molar refractivity (Wildman–Crippen MR) is 385 cm³/mol. The van der Waals surface area contributed by atoms with E-state index >= 15 is 0 Å². The number of benzene rings is 10. The Morgan fingerprint density at radius 2 is 0.735 bits per heavy atom. The number of nitrogens with zero attached hydrogens (tertiary/aromatic N) is 12. The number of hydrogen-bond donors (Lipinski definition) is 0. The number of nitro benzene ring substituents is 1. The number of para-hydroxylation sites is 1. The van der Waals surface area contributed by atoms with E-state index in [0.717, 1.165) is 72.5 Å². The predicted octanol–water partition coefficient (Wildman–Crippen LogP) is 19.2. The van der Waals surface area contributed by atoms with Crippen LogP contribution in [0.2, 0.25) is 0 Å². The van der Waals surface area contributed by atoms with Crippen molar-refractivity contribution in [2.45, 2.75) is 12.8 Å². The number of allylic oxidation sites excluding steroid dienone is 7. The van der Waals surface area contributed by atoms with Gasteiger partial charge in [-0.3, -0.25) is 20.2 Å². The van der Waals surface area contributed by atoms with E-state index in [9.17, 15) is 30.8 Å². The first-order valence-corrected chi connectivity index (χ1v) is 31.2. The zero-order valence-corrected chi connectivity index (χ0v) is 52.2. The monoisotopic (exact) mass is 1270 g/mol. The van der Waals surface area contributed by atoms with Crippen LogP contribution in [0, 0.1) is 42.9 Å². The zero-order valence-electron chi connectivity index (χ0n) is 52.2. The fraction of sp³-hybridized carbons (Fsp3) is 0.0244. The minimum absolute atomic E-state index is 0.00214. The van der Waals surface area contributed by atoms with Gasteiger partial charge in [-0.2, -0.15) is 10.5 Å². The Kier molecular flexibility index (Phi) is 16.9. The van der Waals surface area contributed by atoms with E-state index in [1.54, 1.807) is 54.6 Å². The fourth-order valence-electron chi connectivity index (χ4n) is 12.1. The van der Waals surface area contributed by atoms with Crippen molar-refractivity contribution in [2.75, 3.05) is 0 Å². The smallest absolute Gasteiger partial charge is 0.258 e. The van der Waals surface area contributed by atoms with Crippen molar-refractivity contribution in [3.05, 3.63) is 329 Å². The van der Waals surface area contributed by atoms with Gasteiger partial charge in [-0.15, -0.1) is 0 Å². The Hall–Kier alpha value is -14.0. The Bertz CT molecular complexity index is 5600. The Morgan fingerprint density at radius 3 is 1.13 bits per heavy atom. The summed E-state index contributed by atoms with van der Waals surface area (Å²) in [6.45, 7) is 7.75. The van der Waals surface area contributed by atoms with E-state index in [-0.39, 0.29) is 16.3 Å². The van der Waals surface area contributed by atoms with E-state index in [1.165, 1.54) is 6.07 Å². The molecule has 14 aromatic rings. The van der Waals surface area contributed by atoms with Gasteiger partial charge in [-0.1, -0.05) is 201 Å². The molecular formula is C82H52N12O4. The molecule has 15 rings (SSSR count). The third-order valence-corrected chi connectivity index (χ3v) is 16.8. The first-order valence-electron chi connectivity index (χ1n) is 31.2. The van der Waals surface area contributed by atoms with Gasteiger partial charge in [-0.25, -0.2) is 39.9 Å². The van der Waals surface area contributed by atoms with Crippen LogP contribution in [0.5, 0.6) is 0 Å². The molecule has 0 amide bonds. The summed E-state index contributed by atoms with van der Waals surface area (Å²) in [5.74, 6) is 0. The second-order valence-electron chi connectivity index (χ2n) is 22.8. The van der Waals surface area contributed by atoms with Crippen molar-refractivity contribution in [3.63, 3.8) is 0 Å². The summed E-state index contributed by atoms with van der Waals surface area (Å²) in [6.07, 6.45) is 9.66. The van der Waals surface area contributed by atoms with Crippen LogP contribution < -0.4 is 0 Å². The van der Waals surface area contributed by atoms with Crippen molar-refractivity contribution in [3.8, 4) is 102 Å². The zero-order chi connectivity index (χ0) is 67.2. The number of fused-ring (bicyclic) bond motifs is 4. The molecule has 0 spiro atoms. The first kappa shape index (κ1) is 61.5. The van der Waals surface area contributed by atoms with Crippen molar-refractivity contribution in [1.29, 1.82) is 10.5 Å². The van der Waals surface area contributed by atoms with Crippen LogP contribution in [0.4, 0.5) is 5.69 Å². The second kappa shape index (κ2) is 26.9. The lowest BCUT2D eigenvalue weighted by atomic mass is 9.96. The molecule has 16 heteroatoms. The van der Waals surface area contributed by atoms with Crippen molar-refractivity contribution in [2.24, 2.45) is 0 Å². The maximum atomic E-state index is 12.0. The molecule has 0 saturated heterocycles. The summed E-state index contributed by atoms with van der Waals surface area (Å²) in [5.41, 5.74) is 19.9. The number of nitro groups is 2. The lowest BCUT2D eigenvalue weighted by Crippen LogP contribution is -2.09. The molecule has 4 aromatic heterocycles. The molecule has 0 atom stereocenters. The van der Waals surface area contributed by atoms with Crippen LogP contribution in [0.3, 0.4) is 0 Å². The van der Waals surface area contributed by atoms with Crippen molar-refractivity contribution in [1.82, 2.24) is 39.9 Å². The van der Waals surface area contributed by atoms with Gasteiger partial charge >= 0.3 is 0 Å². The minimum Gasteiger partial charge on any atom is -0.258 e. The molecule has 0 radical (unpaired) electrons. The van der Waals surface area contributed by atoms with Gasteiger partial charge in [0.2, 0.25) is 0 Å². The number of nitriles is 2. The Labute approximate surface area is 561 Å². The molecule has 464 valence electrons. The molecule has 10 aromatic carbocycles. The lowest BCUT2D eigenvalue weighted by Gasteiger charge is -2.15. The molecule has 0 N–H and O–H groups in total. The average molecular weight is 1270 g/mol. The summed E-state index contributed by atoms with van der Waals surface area (Å²) in [5, 5.41) is 43.8. The fourth-order valence-corrected chi connectivity index (χ4v) is 12.1. The van der Waals surface area contributed by atoms with Crippen LogP contribution in [0.1, 0.15) is 35.4 Å². The maximum Gasteiger partial charge on any atom is 0.278 e. The van der Waals surface area contributed by atoms with E-state index in [4.69, 9.17) is 39.9 Å². The summed E-state index contributed by atoms with van der Waals surface area (Å²) < 4.78 is 0. The van der Waals surface area contributed by atoms with Gasteiger partial charge in [-0.05, 0) is 108 Å². The third kappa shape index (κ3) is 12.1. The molecule has 16 nitrogen and oxygen atoms in total. The second-order valence-corrected chi connectivity index (χ2v) is 22.8. The minimum atomic E-state index is -0.413. The quantitative estimate of drug-likeness (QED) is 0.0559. The van der Waals surface area contributed by atoms with E-state index in [0.29, 0.717) is 108 Å². The molecule has 0 bridgehead atoms. The Morgan fingerprint density at radius 1 is 0.378 bits per heavy atom. The topological polar surface area (TPSA) is 237 Å². The summed E-state index contributed by atoms with van der Waals surface area (Å²) in [6, 6.07) is 78.9. The highest BCUT2D eigenvalue weighted by atomic mass is 16.6. The SMILES string of the molecule is C=C/C=C(\C=C)c1nc2cc(-c3ccc4nc(-c5ccccc5)c(-c5ccccc5[N+](=O)[O-])nc4c3)ccc2nc1C1=CCCC=C1[N+](=O)[O-].N#Cc1ccccc1-c1nc2cc(-c3ccc4nc(-c5ccccc5)c(-c5ccccc5C#N)nc4c3)ccc2nc1-c1ccccc1. The summed E-state index contributed by atoms with van der Waals surface area (Å²) >= 11 is 0. The van der Waals surface area contributed by atoms with Gasteiger partial charge in [0.05, 0.1) is 123 Å². The van der Waals surface area contributed by atoms with Gasteiger partial charge in [0.15, 0.2) is 0 Å². The largest absolute Gasteiger partial charge is 0.278 e. The number of hydrogen-bond acceptors (Lipinski definition) is 14. The van der Waals surface area contributed by atoms with Crippen LogP contribution in [-0.4, -0.2) is 49.7 Å². The normalized spacial score (nSPS) is 12.0. The van der Waals surface area contributed by atoms with Gasteiger partial charge in [0, 0.05) is 39.5 Å². The molecular weight excluding hydrogens is 1220 g/mol. The van der Waals surface area contributed by atoms with Crippen molar-refractivity contribution < 1.29 is 9.85 Å². The standard InChI is InChI=1S/C42H24N6.C40H28N6O4/c43-25-31-15-7-9-17-33(31)41-39(27-11-3-1-4-12-27)45-35-21-19-29(23-37(35)47-41)30-20-22-36-38(24-30)48-42(34-18-10-8-16-32(34)26-44)40(46-36)28-13-5-2-6-14-28;1-3-12-25(4-2)37-39(29-15-8-10-17-35(29)45(47)48)42-32-22-20-27(23-33(32)43-37)28-19-21-31-34(24-28)44-40(30-16-9-11-18-36(30)46(49)50)38(41-31)26-13-6-5-7-14-26/h1-24H;3-7,9,11-24H,1-2,8,10H2/b;25-12+. The average Bonchev–Trinajstić information content (AvgIpc) is 0.778. The lowest BCUT2D eigenvalue weighted by molar-refractivity contribution is -0.417. The highest BCUT2D eigenvalue weighted by Crippen LogP contribution is 2.41. The van der Waals surface area contributed by atoms with Crippen molar-refractivity contribution >= 4 is 61.0 Å². The molecule has 4 heterocycles. The van der Waals surface area contributed by atoms with Gasteiger partial charge < -0.3 is 0 Å². The third-order valence-electron chi connectivity index (χ3n) is 16.8. The molecule has 98 heavy (non-hydrogen) atoms. The summed E-state index contributed by atoms with van der Waals surface area (Å²) in [4.78, 5) is 63.4. The van der Waals surface area contributed by atoms with Crippen LogP contribution >= 0.6 is 0 Å². The summed E-state index contributed by atoms with van der Waals surface area (Å²) in [7, 11) is 0. The highest BCUT2D eigenvalue weighted by Gasteiger charge is 2.28. The molecule has 1 aliphatic rings. The van der Waals surface area contributed by atoms with Crippen LogP contribution in [-0.2, 0) is 0 Å². The first-order chi connectivity index (χ1) is 48.1. The molecule has 1 aliphatic carbocycles. The highest BCUT2D eigenvalue weighted by molar-refractivity contribution is 5.96. The molecule has 0 saturated carbocycles. The molecule has 0 fully saturated rings. The number of aromatic nitrogens is 8. The van der Waals surface area contributed by atoms with Crippen LogP contribution in [0.15, 0.2) is 286 Å². The van der Waals surface area contributed by atoms with E-state index < -0.39 is 4.92 Å². The van der Waals surface area contributed by atoms with Gasteiger partial charge in [0.25, 0.3) is 11.4 Å². The Balaban J connectivity index is 0.000000168. The molecule has 0 aliphatic heterocycles. The maximum absolute atomic E-state index is 12.0. The van der Waals surface area contributed by atoms with Crippen LogP contribution in [0.25, 0.3) is 145 Å². The molecule has 0 unspecified atom stereocenters. The van der Waals surface area contributed by atoms with E-state index in [1.807, 2.05) is 206 Å². The van der Waals surface area contributed by atoms with Gasteiger partial charge in [0.1, 0.15) is 11.4 Å². The van der Waals surface area contributed by atoms with E-state index in [2.05, 4.69) is 25.3 Å².